The van der Waals surface area contributed by atoms with Crippen LogP contribution in [0.3, 0.4) is 0 Å². The van der Waals surface area contributed by atoms with E-state index in [9.17, 15) is 13.6 Å². The predicted octanol–water partition coefficient (Wildman–Crippen LogP) is 3.76. The number of ether oxygens (including phenoxy) is 2. The molecule has 128 valence electrons. The van der Waals surface area contributed by atoms with Crippen LogP contribution in [0.2, 0.25) is 10.0 Å². The maximum absolute atomic E-state index is 13.5. The first-order chi connectivity index (χ1) is 11.3. The van der Waals surface area contributed by atoms with E-state index in [0.29, 0.717) is 5.56 Å². The van der Waals surface area contributed by atoms with Crippen molar-refractivity contribution >= 4 is 34.9 Å². The molecule has 1 aromatic carbocycles. The van der Waals surface area contributed by atoms with Crippen LogP contribution < -0.4 is 10.5 Å². The molecule has 2 aromatic rings. The van der Waals surface area contributed by atoms with Crippen molar-refractivity contribution < 1.29 is 23.0 Å². The van der Waals surface area contributed by atoms with Crippen molar-refractivity contribution in [3.63, 3.8) is 0 Å². The van der Waals surface area contributed by atoms with Gasteiger partial charge in [0.05, 0.1) is 5.69 Å². The zero-order valence-electron chi connectivity index (χ0n) is 12.4. The number of benzene rings is 1. The molecule has 0 aliphatic carbocycles. The maximum Gasteiger partial charge on any atom is 0.347 e. The summed E-state index contributed by atoms with van der Waals surface area (Å²) in [6.45, 7) is 1.29. The molecule has 0 spiro atoms. The molecule has 0 saturated carbocycles. The first-order valence-corrected chi connectivity index (χ1v) is 7.43. The van der Waals surface area contributed by atoms with Crippen molar-refractivity contribution in [2.24, 2.45) is 0 Å². The van der Waals surface area contributed by atoms with Gasteiger partial charge in [0.25, 0.3) is 0 Å². The Hall–Kier alpha value is -2.12. The van der Waals surface area contributed by atoms with Crippen LogP contribution in [0, 0.1) is 11.8 Å². The van der Waals surface area contributed by atoms with E-state index in [2.05, 4.69) is 4.98 Å². The van der Waals surface area contributed by atoms with E-state index < -0.39 is 28.9 Å². The molecular formula is C15H12Cl2F2N2O3. The molecule has 0 aliphatic rings. The van der Waals surface area contributed by atoms with E-state index in [1.165, 1.54) is 31.2 Å². The van der Waals surface area contributed by atoms with E-state index in [1.807, 2.05) is 0 Å². The maximum atomic E-state index is 13.5. The third-order valence-electron chi connectivity index (χ3n) is 2.96. The fraction of sp³-hybridized carbons (Fsp3) is 0.200. The Morgan fingerprint density at radius 3 is 2.50 bits per heavy atom. The van der Waals surface area contributed by atoms with E-state index in [4.69, 9.17) is 38.4 Å². The van der Waals surface area contributed by atoms with Crippen LogP contribution in [-0.2, 0) is 16.1 Å². The predicted molar refractivity (Wildman–Crippen MR) is 84.9 cm³/mol. The van der Waals surface area contributed by atoms with Crippen molar-refractivity contribution in [2.75, 3.05) is 5.73 Å². The van der Waals surface area contributed by atoms with Crippen LogP contribution in [0.15, 0.2) is 24.3 Å². The van der Waals surface area contributed by atoms with Gasteiger partial charge in [-0.3, -0.25) is 0 Å². The van der Waals surface area contributed by atoms with E-state index in [-0.39, 0.29) is 23.2 Å². The minimum absolute atomic E-state index is 0.0783. The lowest BCUT2D eigenvalue weighted by Gasteiger charge is -2.15. The zero-order chi connectivity index (χ0) is 17.9. The number of anilines is 1. The summed E-state index contributed by atoms with van der Waals surface area (Å²) in [5, 5.41) is -0.640. The molecule has 1 aromatic heterocycles. The van der Waals surface area contributed by atoms with Gasteiger partial charge in [0.2, 0.25) is 11.8 Å². The van der Waals surface area contributed by atoms with Crippen LogP contribution in [-0.4, -0.2) is 17.1 Å². The highest BCUT2D eigenvalue weighted by Gasteiger charge is 2.22. The zero-order valence-corrected chi connectivity index (χ0v) is 13.9. The van der Waals surface area contributed by atoms with Gasteiger partial charge in [-0.1, -0.05) is 35.3 Å². The monoisotopic (exact) mass is 376 g/mol. The quantitative estimate of drug-likeness (QED) is 0.635. The highest BCUT2D eigenvalue weighted by Crippen LogP contribution is 2.35. The van der Waals surface area contributed by atoms with Crippen LogP contribution in [0.4, 0.5) is 14.5 Å². The second-order valence-corrected chi connectivity index (χ2v) is 5.50. The molecule has 24 heavy (non-hydrogen) atoms. The molecule has 0 bridgehead atoms. The molecule has 9 heteroatoms. The Morgan fingerprint density at radius 1 is 1.25 bits per heavy atom. The number of hydrogen-bond donors (Lipinski definition) is 1. The normalized spacial score (nSPS) is 11.9. The van der Waals surface area contributed by atoms with Gasteiger partial charge in [-0.05, 0) is 24.6 Å². The topological polar surface area (TPSA) is 74.4 Å². The summed E-state index contributed by atoms with van der Waals surface area (Å²) in [5.74, 6) is -2.58. The lowest BCUT2D eigenvalue weighted by molar-refractivity contribution is -0.152. The fourth-order valence-corrected chi connectivity index (χ4v) is 2.02. The molecule has 2 rings (SSSR count). The highest BCUT2D eigenvalue weighted by atomic mass is 35.5. The molecule has 5 nitrogen and oxygen atoms in total. The van der Waals surface area contributed by atoms with Crippen molar-refractivity contribution in [1.82, 2.24) is 4.98 Å². The summed E-state index contributed by atoms with van der Waals surface area (Å²) in [7, 11) is 0. The number of carbonyl (C=O) groups is 1. The van der Waals surface area contributed by atoms with Crippen LogP contribution >= 0.6 is 23.2 Å². The number of rotatable bonds is 5. The Kier molecular flexibility index (Phi) is 5.80. The van der Waals surface area contributed by atoms with Gasteiger partial charge in [0.1, 0.15) is 22.5 Å². The Balaban J connectivity index is 2.00. The summed E-state index contributed by atoms with van der Waals surface area (Å²) in [6.07, 6.45) is -1.13. The SMILES string of the molecule is C[C@@H](Oc1nc(F)c(Cl)c(N)c1Cl)C(=O)OCc1ccc(F)cc1. The molecule has 2 N–H and O–H groups in total. The third-order valence-corrected chi connectivity index (χ3v) is 3.68. The van der Waals surface area contributed by atoms with Gasteiger partial charge in [-0.2, -0.15) is 9.37 Å². The first kappa shape index (κ1) is 18.2. The van der Waals surface area contributed by atoms with Crippen molar-refractivity contribution in [2.45, 2.75) is 19.6 Å². The molecule has 1 heterocycles. The lowest BCUT2D eigenvalue weighted by atomic mass is 10.2. The van der Waals surface area contributed by atoms with Gasteiger partial charge < -0.3 is 15.2 Å². The van der Waals surface area contributed by atoms with Gasteiger partial charge >= 0.3 is 5.97 Å². The van der Waals surface area contributed by atoms with Gasteiger partial charge in [-0.25, -0.2) is 9.18 Å². The number of aromatic nitrogens is 1. The summed E-state index contributed by atoms with van der Waals surface area (Å²) in [5.41, 5.74) is 5.86. The fourth-order valence-electron chi connectivity index (χ4n) is 1.66. The summed E-state index contributed by atoms with van der Waals surface area (Å²) in [6, 6.07) is 5.43. The van der Waals surface area contributed by atoms with E-state index >= 15 is 0 Å². The number of nitrogens with zero attached hydrogens (tertiary/aromatic N) is 1. The average molecular weight is 377 g/mol. The second-order valence-electron chi connectivity index (χ2n) is 4.74. The Labute approximate surface area is 146 Å². The number of halogens is 4. The number of esters is 1. The summed E-state index contributed by atoms with van der Waals surface area (Å²) < 4.78 is 36.4. The number of nitrogen functional groups attached to an aromatic ring is 1. The second kappa shape index (κ2) is 7.63. The Morgan fingerprint density at radius 2 is 1.88 bits per heavy atom. The number of pyridine rings is 1. The molecule has 0 saturated heterocycles. The minimum Gasteiger partial charge on any atom is -0.461 e. The standard InChI is InChI=1S/C15H12Cl2F2N2O3/c1-7(15(22)23-6-8-2-4-9(18)5-3-8)24-14-11(17)12(20)10(16)13(19)21-14/h2-5,7H,6H2,1H3,(H2,20,21)/t7-/m1/s1. The minimum atomic E-state index is -1.13. The van der Waals surface area contributed by atoms with Crippen LogP contribution in [0.1, 0.15) is 12.5 Å². The van der Waals surface area contributed by atoms with Gasteiger partial charge in [0.15, 0.2) is 6.10 Å². The number of hydrogen-bond acceptors (Lipinski definition) is 5. The Bertz CT molecular complexity index is 757. The van der Waals surface area contributed by atoms with E-state index in [1.54, 1.807) is 0 Å². The highest BCUT2D eigenvalue weighted by molar-refractivity contribution is 6.39. The van der Waals surface area contributed by atoms with Crippen molar-refractivity contribution in [3.05, 3.63) is 51.6 Å². The van der Waals surface area contributed by atoms with Crippen molar-refractivity contribution in [3.8, 4) is 5.88 Å². The molecule has 0 unspecified atom stereocenters. The molecule has 0 amide bonds. The third kappa shape index (κ3) is 4.24. The lowest BCUT2D eigenvalue weighted by Crippen LogP contribution is -2.26. The summed E-state index contributed by atoms with van der Waals surface area (Å²) in [4.78, 5) is 15.3. The van der Waals surface area contributed by atoms with E-state index in [0.717, 1.165) is 0 Å². The first-order valence-electron chi connectivity index (χ1n) is 6.67. The van der Waals surface area contributed by atoms with Crippen LogP contribution in [0.5, 0.6) is 5.88 Å². The van der Waals surface area contributed by atoms with Gasteiger partial charge in [0, 0.05) is 0 Å². The summed E-state index contributed by atoms with van der Waals surface area (Å²) >= 11 is 11.4. The average Bonchev–Trinajstić information content (AvgIpc) is 2.56. The molecule has 1 atom stereocenters. The molecular weight excluding hydrogens is 365 g/mol. The smallest absolute Gasteiger partial charge is 0.347 e. The number of nitrogens with two attached hydrogens (primary N) is 1. The van der Waals surface area contributed by atoms with Crippen LogP contribution in [0.25, 0.3) is 0 Å². The number of carbonyl (C=O) groups excluding carboxylic acids is 1. The van der Waals surface area contributed by atoms with Crippen molar-refractivity contribution in [1.29, 1.82) is 0 Å². The largest absolute Gasteiger partial charge is 0.461 e. The molecule has 0 fully saturated rings. The van der Waals surface area contributed by atoms with Gasteiger partial charge in [-0.15, -0.1) is 0 Å². The molecule has 0 aliphatic heterocycles. The molecule has 0 radical (unpaired) electrons.